The summed E-state index contributed by atoms with van der Waals surface area (Å²) in [6.45, 7) is 2.23. The van der Waals surface area contributed by atoms with Crippen LogP contribution in [0.25, 0.3) is 6.08 Å². The molecule has 0 spiro atoms. The maximum absolute atomic E-state index is 13.1. The summed E-state index contributed by atoms with van der Waals surface area (Å²) in [6, 6.07) is 4.57. The van der Waals surface area contributed by atoms with Crippen LogP contribution in [0.3, 0.4) is 0 Å². The van der Waals surface area contributed by atoms with Gasteiger partial charge in [-0.1, -0.05) is 12.8 Å². The second-order valence-corrected chi connectivity index (χ2v) is 6.69. The van der Waals surface area contributed by atoms with Gasteiger partial charge >= 0.3 is 5.97 Å². The number of pyridine rings is 1. The van der Waals surface area contributed by atoms with Gasteiger partial charge in [-0.3, -0.25) is 4.90 Å². The largest absolute Gasteiger partial charge is 0.476 e. The Labute approximate surface area is 141 Å². The van der Waals surface area contributed by atoms with Gasteiger partial charge < -0.3 is 10.4 Å². The van der Waals surface area contributed by atoms with E-state index in [-0.39, 0.29) is 0 Å². The molecule has 0 aromatic carbocycles. The zero-order valence-corrected chi connectivity index (χ0v) is 13.7. The van der Waals surface area contributed by atoms with Gasteiger partial charge in [0.05, 0.1) is 0 Å². The predicted octanol–water partition coefficient (Wildman–Crippen LogP) is 3.30. The molecule has 1 aromatic heterocycles. The average molecular weight is 333 g/mol. The molecule has 130 valence electrons. The maximum atomic E-state index is 13.1. The third kappa shape index (κ3) is 4.32. The van der Waals surface area contributed by atoms with Gasteiger partial charge in [-0.15, -0.1) is 0 Å². The summed E-state index contributed by atoms with van der Waals surface area (Å²) < 4.78 is 13.1. The summed E-state index contributed by atoms with van der Waals surface area (Å²) in [6.07, 6.45) is 10.1. The van der Waals surface area contributed by atoms with Crippen LogP contribution in [0.15, 0.2) is 24.2 Å². The Morgan fingerprint density at radius 3 is 2.75 bits per heavy atom. The molecule has 0 amide bonds. The number of anilines is 1. The highest BCUT2D eigenvalue weighted by molar-refractivity contribution is 5.89. The van der Waals surface area contributed by atoms with Crippen LogP contribution in [-0.4, -0.2) is 46.1 Å². The van der Waals surface area contributed by atoms with Gasteiger partial charge in [-0.2, -0.15) is 4.39 Å². The lowest BCUT2D eigenvalue weighted by molar-refractivity contribution is -0.134. The summed E-state index contributed by atoms with van der Waals surface area (Å²) in [5, 5.41) is 12.0. The number of carbonyl (C=O) groups is 1. The van der Waals surface area contributed by atoms with Gasteiger partial charge in [0.25, 0.3) is 0 Å². The Morgan fingerprint density at radius 1 is 1.29 bits per heavy atom. The SMILES string of the molecule is O=C(O)C(F)=Cc1ccc(N[C@@H]2CCCN(C3CCCC3)C2)nc1. The minimum atomic E-state index is -1.56. The molecular weight excluding hydrogens is 309 g/mol. The van der Waals surface area contributed by atoms with E-state index in [9.17, 15) is 9.18 Å². The van der Waals surface area contributed by atoms with Crippen molar-refractivity contribution in [2.24, 2.45) is 0 Å². The lowest BCUT2D eigenvalue weighted by Gasteiger charge is -2.37. The van der Waals surface area contributed by atoms with Crippen LogP contribution < -0.4 is 5.32 Å². The monoisotopic (exact) mass is 333 g/mol. The highest BCUT2D eigenvalue weighted by Gasteiger charge is 2.27. The number of piperidine rings is 1. The van der Waals surface area contributed by atoms with Crippen LogP contribution in [-0.2, 0) is 4.79 Å². The molecule has 1 saturated carbocycles. The van der Waals surface area contributed by atoms with Gasteiger partial charge in [0, 0.05) is 24.8 Å². The third-order valence-electron chi connectivity index (χ3n) is 4.93. The smallest absolute Gasteiger partial charge is 0.364 e. The fraction of sp³-hybridized carbons (Fsp3) is 0.556. The van der Waals surface area contributed by atoms with Gasteiger partial charge in [0.2, 0.25) is 5.83 Å². The van der Waals surface area contributed by atoms with Gasteiger partial charge in [-0.25, -0.2) is 9.78 Å². The van der Waals surface area contributed by atoms with Crippen molar-refractivity contribution < 1.29 is 14.3 Å². The van der Waals surface area contributed by atoms with Crippen molar-refractivity contribution in [2.45, 2.75) is 50.6 Å². The fourth-order valence-electron chi connectivity index (χ4n) is 3.72. The first-order valence-electron chi connectivity index (χ1n) is 8.69. The van der Waals surface area contributed by atoms with Crippen molar-refractivity contribution in [3.05, 3.63) is 29.7 Å². The molecule has 24 heavy (non-hydrogen) atoms. The number of hydrogen-bond donors (Lipinski definition) is 2. The molecule has 1 saturated heterocycles. The zero-order valence-electron chi connectivity index (χ0n) is 13.7. The Bertz CT molecular complexity index is 597. The van der Waals surface area contributed by atoms with Crippen LogP contribution in [0.2, 0.25) is 0 Å². The topological polar surface area (TPSA) is 65.5 Å². The molecule has 1 aromatic rings. The highest BCUT2D eigenvalue weighted by Crippen LogP contribution is 2.26. The van der Waals surface area contributed by atoms with Gasteiger partial charge in [-0.05, 0) is 56.0 Å². The van der Waals surface area contributed by atoms with Crippen molar-refractivity contribution in [1.29, 1.82) is 0 Å². The summed E-state index contributed by atoms with van der Waals surface area (Å²) in [4.78, 5) is 17.4. The number of carboxylic acids is 1. The number of aromatic nitrogens is 1. The second-order valence-electron chi connectivity index (χ2n) is 6.69. The van der Waals surface area contributed by atoms with E-state index in [1.165, 1.54) is 44.8 Å². The number of nitrogens with zero attached hydrogens (tertiary/aromatic N) is 2. The molecule has 2 heterocycles. The van der Waals surface area contributed by atoms with E-state index in [0.29, 0.717) is 11.6 Å². The first-order valence-corrected chi connectivity index (χ1v) is 8.69. The summed E-state index contributed by atoms with van der Waals surface area (Å²) >= 11 is 0. The first kappa shape index (κ1) is 16.9. The standard InChI is InChI=1S/C18H24FN3O2/c19-16(18(23)24)10-13-7-8-17(20-11-13)21-14-4-3-9-22(12-14)15-5-1-2-6-15/h7-8,10-11,14-15H,1-6,9,12H2,(H,20,21)(H,23,24)/t14-/m1/s1. The summed E-state index contributed by atoms with van der Waals surface area (Å²) in [7, 11) is 0. The number of rotatable bonds is 5. The number of likely N-dealkylation sites (tertiary alicyclic amines) is 1. The van der Waals surface area contributed by atoms with Crippen molar-refractivity contribution in [2.75, 3.05) is 18.4 Å². The van der Waals surface area contributed by atoms with Gasteiger partial charge in [0.15, 0.2) is 0 Å². The van der Waals surface area contributed by atoms with E-state index in [1.807, 2.05) is 0 Å². The van der Waals surface area contributed by atoms with E-state index in [0.717, 1.165) is 30.9 Å². The lowest BCUT2D eigenvalue weighted by Crippen LogP contribution is -2.46. The van der Waals surface area contributed by atoms with Crippen LogP contribution >= 0.6 is 0 Å². The number of hydrogen-bond acceptors (Lipinski definition) is 4. The Morgan fingerprint density at radius 2 is 2.08 bits per heavy atom. The fourth-order valence-corrected chi connectivity index (χ4v) is 3.72. The molecular formula is C18H24FN3O2. The normalized spacial score (nSPS) is 23.4. The summed E-state index contributed by atoms with van der Waals surface area (Å²) in [5.41, 5.74) is 0.441. The molecule has 2 aliphatic rings. The zero-order chi connectivity index (χ0) is 16.9. The molecule has 0 unspecified atom stereocenters. The molecule has 1 aliphatic heterocycles. The maximum Gasteiger partial charge on any atom is 0.364 e. The van der Waals surface area contributed by atoms with Crippen molar-refractivity contribution in [3.63, 3.8) is 0 Å². The van der Waals surface area contributed by atoms with Crippen LogP contribution in [0, 0.1) is 0 Å². The highest BCUT2D eigenvalue weighted by atomic mass is 19.1. The molecule has 1 atom stereocenters. The molecule has 0 bridgehead atoms. The van der Waals surface area contributed by atoms with Crippen molar-refractivity contribution >= 4 is 17.9 Å². The molecule has 2 fully saturated rings. The van der Waals surface area contributed by atoms with Crippen LogP contribution in [0.4, 0.5) is 10.2 Å². The minimum absolute atomic E-state index is 0.379. The molecule has 2 N–H and O–H groups in total. The Hall–Kier alpha value is -1.95. The number of nitrogens with one attached hydrogen (secondary N) is 1. The van der Waals surface area contributed by atoms with Gasteiger partial charge in [0.1, 0.15) is 5.82 Å². The lowest BCUT2D eigenvalue weighted by atomic mass is 10.0. The second kappa shape index (κ2) is 7.75. The van der Waals surface area contributed by atoms with Crippen molar-refractivity contribution in [3.8, 4) is 0 Å². The van der Waals surface area contributed by atoms with E-state index in [2.05, 4.69) is 15.2 Å². The van der Waals surface area contributed by atoms with Crippen LogP contribution in [0.1, 0.15) is 44.1 Å². The molecule has 3 rings (SSSR count). The molecule has 0 radical (unpaired) electrons. The van der Waals surface area contributed by atoms with E-state index in [4.69, 9.17) is 5.11 Å². The Balaban J connectivity index is 1.57. The molecule has 6 heteroatoms. The Kier molecular flexibility index (Phi) is 5.45. The number of halogens is 1. The average Bonchev–Trinajstić information content (AvgIpc) is 3.11. The minimum Gasteiger partial charge on any atom is -0.476 e. The number of aliphatic carboxylic acids is 1. The quantitative estimate of drug-likeness (QED) is 0.810. The predicted molar refractivity (Wildman–Crippen MR) is 91.4 cm³/mol. The summed E-state index contributed by atoms with van der Waals surface area (Å²) in [5.74, 6) is -2.00. The first-order chi connectivity index (χ1) is 11.6. The van der Waals surface area contributed by atoms with E-state index in [1.54, 1.807) is 12.1 Å². The molecule has 1 aliphatic carbocycles. The van der Waals surface area contributed by atoms with E-state index >= 15 is 0 Å². The third-order valence-corrected chi connectivity index (χ3v) is 4.93. The van der Waals surface area contributed by atoms with E-state index < -0.39 is 11.8 Å². The van der Waals surface area contributed by atoms with Crippen LogP contribution in [0.5, 0.6) is 0 Å². The number of carboxylic acid groups (broad SMARTS) is 1. The molecule has 5 nitrogen and oxygen atoms in total. The van der Waals surface area contributed by atoms with Crippen molar-refractivity contribution in [1.82, 2.24) is 9.88 Å².